The average Bonchev–Trinajstić information content (AvgIpc) is 2.33. The third-order valence-electron chi connectivity index (χ3n) is 3.31. The van der Waals surface area contributed by atoms with Crippen LogP contribution in [0.4, 0.5) is 4.39 Å². The first-order valence-corrected chi connectivity index (χ1v) is 6.82. The maximum atomic E-state index is 13.7. The molecule has 0 aliphatic heterocycles. The Balaban J connectivity index is 2.08. The fraction of sp³-hybridized carbons (Fsp3) is 0.538. The van der Waals surface area contributed by atoms with Crippen molar-refractivity contribution in [3.63, 3.8) is 0 Å². The van der Waals surface area contributed by atoms with Crippen LogP contribution in [0, 0.1) is 11.7 Å². The van der Waals surface area contributed by atoms with Crippen LogP contribution in [-0.4, -0.2) is 12.6 Å². The Hall–Kier alpha value is -0.610. The number of halogens is 2. The Bertz CT molecular complexity index is 386. The van der Waals surface area contributed by atoms with Gasteiger partial charge in [0.15, 0.2) is 11.6 Å². The van der Waals surface area contributed by atoms with Crippen LogP contribution in [0.25, 0.3) is 0 Å². The number of ether oxygens (including phenoxy) is 1. The van der Waals surface area contributed by atoms with Gasteiger partial charge >= 0.3 is 0 Å². The van der Waals surface area contributed by atoms with Gasteiger partial charge in [0.25, 0.3) is 0 Å². The molecule has 1 fully saturated rings. The summed E-state index contributed by atoms with van der Waals surface area (Å²) in [5.74, 6) is 0.367. The van der Waals surface area contributed by atoms with Crippen molar-refractivity contribution in [3.05, 3.63) is 28.5 Å². The molecule has 1 aromatic carbocycles. The molecule has 0 spiro atoms. The van der Waals surface area contributed by atoms with Gasteiger partial charge in [-0.1, -0.05) is 22.4 Å². The Morgan fingerprint density at radius 1 is 1.35 bits per heavy atom. The molecule has 94 valence electrons. The molecule has 2 nitrogen and oxygen atoms in total. The summed E-state index contributed by atoms with van der Waals surface area (Å²) in [7, 11) is 0. The standard InChI is InChI=1S/C13H17BrFNO/c14-10-5-6-13(11(15)7-10)17-12-4-2-1-3-9(12)8-16/h5-7,9,12H,1-4,8,16H2. The highest BCUT2D eigenvalue weighted by molar-refractivity contribution is 9.10. The minimum absolute atomic E-state index is 0.0597. The molecule has 0 heterocycles. The summed E-state index contributed by atoms with van der Waals surface area (Å²) >= 11 is 3.23. The lowest BCUT2D eigenvalue weighted by molar-refractivity contribution is 0.0927. The summed E-state index contributed by atoms with van der Waals surface area (Å²) in [5, 5.41) is 0. The van der Waals surface area contributed by atoms with Crippen LogP contribution < -0.4 is 10.5 Å². The fourth-order valence-corrected chi connectivity index (χ4v) is 2.67. The zero-order chi connectivity index (χ0) is 12.3. The SMILES string of the molecule is NCC1CCCCC1Oc1ccc(Br)cc1F. The first-order chi connectivity index (χ1) is 8.20. The van der Waals surface area contributed by atoms with Crippen molar-refractivity contribution >= 4 is 15.9 Å². The second-order valence-electron chi connectivity index (χ2n) is 4.51. The number of benzene rings is 1. The van der Waals surface area contributed by atoms with E-state index in [1.165, 1.54) is 12.5 Å². The molecule has 0 aromatic heterocycles. The zero-order valence-electron chi connectivity index (χ0n) is 9.66. The molecule has 0 bridgehead atoms. The summed E-state index contributed by atoms with van der Waals surface area (Å²) < 4.78 is 20.1. The van der Waals surface area contributed by atoms with E-state index in [2.05, 4.69) is 15.9 Å². The van der Waals surface area contributed by atoms with E-state index in [1.807, 2.05) is 0 Å². The summed E-state index contributed by atoms with van der Waals surface area (Å²) in [6.07, 6.45) is 4.45. The second kappa shape index (κ2) is 5.83. The highest BCUT2D eigenvalue weighted by Crippen LogP contribution is 2.30. The normalized spacial score (nSPS) is 24.6. The highest BCUT2D eigenvalue weighted by atomic mass is 79.9. The van der Waals surface area contributed by atoms with E-state index in [9.17, 15) is 4.39 Å². The molecule has 1 aliphatic rings. The van der Waals surface area contributed by atoms with Crippen molar-refractivity contribution in [1.82, 2.24) is 0 Å². The number of rotatable bonds is 3. The highest BCUT2D eigenvalue weighted by Gasteiger charge is 2.26. The number of hydrogen-bond donors (Lipinski definition) is 1. The topological polar surface area (TPSA) is 35.2 Å². The lowest BCUT2D eigenvalue weighted by atomic mass is 9.86. The van der Waals surface area contributed by atoms with Gasteiger partial charge in [0.1, 0.15) is 6.10 Å². The Morgan fingerprint density at radius 3 is 2.82 bits per heavy atom. The maximum absolute atomic E-state index is 13.7. The summed E-state index contributed by atoms with van der Waals surface area (Å²) in [4.78, 5) is 0. The third kappa shape index (κ3) is 3.19. The first-order valence-electron chi connectivity index (χ1n) is 6.02. The van der Waals surface area contributed by atoms with Gasteiger partial charge in [-0.05, 0) is 44.0 Å². The Kier molecular flexibility index (Phi) is 4.40. The molecule has 0 amide bonds. The molecule has 17 heavy (non-hydrogen) atoms. The molecule has 0 saturated heterocycles. The van der Waals surface area contributed by atoms with E-state index >= 15 is 0 Å². The van der Waals surface area contributed by atoms with E-state index in [-0.39, 0.29) is 11.9 Å². The molecular weight excluding hydrogens is 285 g/mol. The Labute approximate surface area is 109 Å². The van der Waals surface area contributed by atoms with Crippen LogP contribution in [0.3, 0.4) is 0 Å². The molecule has 2 atom stereocenters. The van der Waals surface area contributed by atoms with Crippen LogP contribution in [0.15, 0.2) is 22.7 Å². The monoisotopic (exact) mass is 301 g/mol. The molecule has 2 unspecified atom stereocenters. The van der Waals surface area contributed by atoms with Gasteiger partial charge in [-0.3, -0.25) is 0 Å². The van der Waals surface area contributed by atoms with E-state index in [0.717, 1.165) is 23.7 Å². The third-order valence-corrected chi connectivity index (χ3v) is 3.81. The lowest BCUT2D eigenvalue weighted by Crippen LogP contribution is -2.35. The predicted octanol–water partition coefficient (Wildman–Crippen LogP) is 3.48. The second-order valence-corrected chi connectivity index (χ2v) is 5.43. The quantitative estimate of drug-likeness (QED) is 0.927. The smallest absolute Gasteiger partial charge is 0.166 e. The van der Waals surface area contributed by atoms with Crippen LogP contribution in [0.2, 0.25) is 0 Å². The van der Waals surface area contributed by atoms with Gasteiger partial charge in [-0.15, -0.1) is 0 Å². The van der Waals surface area contributed by atoms with Crippen molar-refractivity contribution < 1.29 is 9.13 Å². The molecule has 0 radical (unpaired) electrons. The molecular formula is C13H17BrFNO. The number of hydrogen-bond acceptors (Lipinski definition) is 2. The predicted molar refractivity (Wildman–Crippen MR) is 69.5 cm³/mol. The van der Waals surface area contributed by atoms with Gasteiger partial charge in [-0.2, -0.15) is 0 Å². The fourth-order valence-electron chi connectivity index (χ4n) is 2.33. The zero-order valence-corrected chi connectivity index (χ0v) is 11.2. The summed E-state index contributed by atoms with van der Waals surface area (Å²) in [5.41, 5.74) is 5.73. The Morgan fingerprint density at radius 2 is 2.12 bits per heavy atom. The van der Waals surface area contributed by atoms with E-state index in [0.29, 0.717) is 18.2 Å². The van der Waals surface area contributed by atoms with Gasteiger partial charge in [0.2, 0.25) is 0 Å². The van der Waals surface area contributed by atoms with Crippen LogP contribution in [0.1, 0.15) is 25.7 Å². The van der Waals surface area contributed by atoms with Gasteiger partial charge in [0, 0.05) is 10.4 Å². The molecule has 1 aliphatic carbocycles. The van der Waals surface area contributed by atoms with Crippen LogP contribution >= 0.6 is 15.9 Å². The maximum Gasteiger partial charge on any atom is 0.166 e. The largest absolute Gasteiger partial charge is 0.487 e. The molecule has 2 N–H and O–H groups in total. The average molecular weight is 302 g/mol. The van der Waals surface area contributed by atoms with Gasteiger partial charge in [0.05, 0.1) is 0 Å². The van der Waals surface area contributed by atoms with E-state index < -0.39 is 0 Å². The van der Waals surface area contributed by atoms with E-state index in [1.54, 1.807) is 12.1 Å². The van der Waals surface area contributed by atoms with Gasteiger partial charge in [-0.25, -0.2) is 4.39 Å². The van der Waals surface area contributed by atoms with E-state index in [4.69, 9.17) is 10.5 Å². The lowest BCUT2D eigenvalue weighted by Gasteiger charge is -2.31. The van der Waals surface area contributed by atoms with Gasteiger partial charge < -0.3 is 10.5 Å². The van der Waals surface area contributed by atoms with Crippen LogP contribution in [0.5, 0.6) is 5.75 Å². The van der Waals surface area contributed by atoms with Crippen molar-refractivity contribution in [2.24, 2.45) is 11.7 Å². The van der Waals surface area contributed by atoms with Crippen molar-refractivity contribution in [1.29, 1.82) is 0 Å². The van der Waals surface area contributed by atoms with Crippen molar-refractivity contribution in [2.75, 3.05) is 6.54 Å². The molecule has 1 aromatic rings. The minimum atomic E-state index is -0.319. The molecule has 1 saturated carbocycles. The first kappa shape index (κ1) is 12.8. The van der Waals surface area contributed by atoms with Crippen molar-refractivity contribution in [3.8, 4) is 5.75 Å². The summed E-state index contributed by atoms with van der Waals surface area (Å²) in [6, 6.07) is 4.88. The number of nitrogens with two attached hydrogens (primary N) is 1. The molecule has 2 rings (SSSR count). The van der Waals surface area contributed by atoms with Crippen LogP contribution in [-0.2, 0) is 0 Å². The summed E-state index contributed by atoms with van der Waals surface area (Å²) in [6.45, 7) is 0.614. The molecule has 4 heteroatoms. The van der Waals surface area contributed by atoms with Crippen molar-refractivity contribution in [2.45, 2.75) is 31.8 Å². The minimum Gasteiger partial charge on any atom is -0.487 e.